The molecule has 3 aromatic rings. The van der Waals surface area contributed by atoms with Gasteiger partial charge in [0.15, 0.2) is 0 Å². The van der Waals surface area contributed by atoms with Gasteiger partial charge < -0.3 is 10.1 Å². The topological polar surface area (TPSA) is 75.7 Å². The van der Waals surface area contributed by atoms with Crippen LogP contribution >= 0.6 is 23.2 Å². The number of hydrogen-bond acceptors (Lipinski definition) is 4. The van der Waals surface area contributed by atoms with Crippen molar-refractivity contribution in [3.63, 3.8) is 0 Å². The van der Waals surface area contributed by atoms with E-state index in [1.807, 2.05) is 19.9 Å². The number of anilines is 1. The van der Waals surface area contributed by atoms with Crippen LogP contribution in [0.15, 0.2) is 65.6 Å². The first-order valence-corrected chi connectivity index (χ1v) is 12.4. The molecule has 33 heavy (non-hydrogen) atoms. The predicted molar refractivity (Wildman–Crippen MR) is 132 cm³/mol. The summed E-state index contributed by atoms with van der Waals surface area (Å²) in [5.41, 5.74) is 2.39. The van der Waals surface area contributed by atoms with E-state index in [0.717, 1.165) is 5.56 Å². The molecule has 3 aromatic carbocycles. The Morgan fingerprint density at radius 1 is 1.03 bits per heavy atom. The van der Waals surface area contributed by atoms with E-state index >= 15 is 0 Å². The lowest BCUT2D eigenvalue weighted by molar-refractivity contribution is 0.102. The lowest BCUT2D eigenvalue weighted by atomic mass is 10.1. The molecule has 0 saturated heterocycles. The Morgan fingerprint density at radius 2 is 1.73 bits per heavy atom. The molecule has 0 aliphatic carbocycles. The molecular weight excluding hydrogens is 483 g/mol. The number of carbonyl (C=O) groups excluding carboxylic acids is 1. The van der Waals surface area contributed by atoms with Crippen molar-refractivity contribution in [1.82, 2.24) is 4.31 Å². The molecule has 0 atom stereocenters. The van der Waals surface area contributed by atoms with Crippen LogP contribution in [0.1, 0.15) is 28.4 Å². The Morgan fingerprint density at radius 3 is 2.36 bits per heavy atom. The van der Waals surface area contributed by atoms with Gasteiger partial charge in [-0.15, -0.1) is 0 Å². The summed E-state index contributed by atoms with van der Waals surface area (Å²) in [5, 5.41) is 3.81. The number of amides is 1. The fraction of sp³-hybridized carbons (Fsp3) is 0.208. The fourth-order valence-corrected chi connectivity index (χ4v) is 4.58. The molecule has 0 bridgehead atoms. The van der Waals surface area contributed by atoms with Crippen LogP contribution in [0.25, 0.3) is 0 Å². The standard InChI is InChI=1S/C24H24Cl2N2O4S/c1-4-32-23-12-6-17(24(29)27-20-9-5-16(2)22(26)14-20)13-18(23)15-28(3)33(30,31)21-10-7-19(25)8-11-21/h5-14H,4,15H2,1-3H3,(H,27,29). The van der Waals surface area contributed by atoms with Gasteiger partial charge in [0.2, 0.25) is 10.0 Å². The molecule has 0 unspecified atom stereocenters. The number of benzene rings is 3. The molecule has 6 nitrogen and oxygen atoms in total. The van der Waals surface area contributed by atoms with Crippen LogP contribution in [0.2, 0.25) is 10.0 Å². The zero-order valence-electron chi connectivity index (χ0n) is 18.4. The second kappa shape index (κ2) is 10.6. The zero-order chi connectivity index (χ0) is 24.2. The highest BCUT2D eigenvalue weighted by atomic mass is 35.5. The first-order chi connectivity index (χ1) is 15.6. The minimum atomic E-state index is -3.77. The largest absolute Gasteiger partial charge is 0.494 e. The minimum Gasteiger partial charge on any atom is -0.494 e. The Balaban J connectivity index is 1.87. The van der Waals surface area contributed by atoms with E-state index < -0.39 is 10.0 Å². The maximum atomic E-state index is 13.0. The molecule has 0 heterocycles. The molecule has 0 aromatic heterocycles. The highest BCUT2D eigenvalue weighted by Gasteiger charge is 2.23. The molecule has 0 saturated carbocycles. The Hall–Kier alpha value is -2.58. The lowest BCUT2D eigenvalue weighted by Gasteiger charge is -2.20. The van der Waals surface area contributed by atoms with Crippen LogP contribution in [-0.4, -0.2) is 32.3 Å². The van der Waals surface area contributed by atoms with Gasteiger partial charge in [0, 0.05) is 40.5 Å². The van der Waals surface area contributed by atoms with Crippen molar-refractivity contribution in [1.29, 1.82) is 0 Å². The van der Waals surface area contributed by atoms with Crippen molar-refractivity contribution >= 4 is 44.8 Å². The van der Waals surface area contributed by atoms with Crippen molar-refractivity contribution in [2.45, 2.75) is 25.3 Å². The van der Waals surface area contributed by atoms with Crippen LogP contribution in [0, 0.1) is 6.92 Å². The monoisotopic (exact) mass is 506 g/mol. The molecule has 9 heteroatoms. The SMILES string of the molecule is CCOc1ccc(C(=O)Nc2ccc(C)c(Cl)c2)cc1CN(C)S(=O)(=O)c1ccc(Cl)cc1. The third kappa shape index (κ3) is 6.06. The lowest BCUT2D eigenvalue weighted by Crippen LogP contribution is -2.27. The van der Waals surface area contributed by atoms with Gasteiger partial charge in [-0.25, -0.2) is 8.42 Å². The van der Waals surface area contributed by atoms with E-state index in [9.17, 15) is 13.2 Å². The number of rotatable bonds is 8. The average molecular weight is 507 g/mol. The summed E-state index contributed by atoms with van der Waals surface area (Å²) in [4.78, 5) is 13.0. The molecule has 1 amide bonds. The van der Waals surface area contributed by atoms with Crippen molar-refractivity contribution < 1.29 is 17.9 Å². The maximum absolute atomic E-state index is 13.0. The third-order valence-electron chi connectivity index (χ3n) is 4.97. The summed E-state index contributed by atoms with van der Waals surface area (Å²) in [5.74, 6) is 0.160. The van der Waals surface area contributed by atoms with Crippen LogP contribution in [0.5, 0.6) is 5.75 Å². The van der Waals surface area contributed by atoms with Crippen molar-refractivity contribution in [2.24, 2.45) is 0 Å². The number of nitrogens with one attached hydrogen (secondary N) is 1. The smallest absolute Gasteiger partial charge is 0.255 e. The van der Waals surface area contributed by atoms with Gasteiger partial charge in [0.1, 0.15) is 5.75 Å². The summed E-state index contributed by atoms with van der Waals surface area (Å²) in [6, 6.07) is 16.1. The summed E-state index contributed by atoms with van der Waals surface area (Å²) in [7, 11) is -2.30. The number of aryl methyl sites for hydroxylation is 1. The van der Waals surface area contributed by atoms with Crippen LogP contribution in [0.4, 0.5) is 5.69 Å². The number of sulfonamides is 1. The van der Waals surface area contributed by atoms with E-state index in [0.29, 0.717) is 39.2 Å². The molecule has 0 aliphatic heterocycles. The van der Waals surface area contributed by atoms with Crippen molar-refractivity contribution in [3.8, 4) is 5.75 Å². The Labute approximate surface area is 204 Å². The fourth-order valence-electron chi connectivity index (χ4n) is 3.13. The number of ether oxygens (including phenoxy) is 1. The number of halogens is 2. The van der Waals surface area contributed by atoms with Gasteiger partial charge >= 0.3 is 0 Å². The quantitative estimate of drug-likeness (QED) is 0.420. The second-order valence-corrected chi connectivity index (χ2v) is 10.3. The van der Waals surface area contributed by atoms with Gasteiger partial charge in [-0.1, -0.05) is 29.3 Å². The van der Waals surface area contributed by atoms with Crippen molar-refractivity contribution in [2.75, 3.05) is 19.0 Å². The van der Waals surface area contributed by atoms with Gasteiger partial charge in [0.05, 0.1) is 11.5 Å². The van der Waals surface area contributed by atoms with Gasteiger partial charge in [-0.3, -0.25) is 4.79 Å². The Bertz CT molecular complexity index is 1260. The summed E-state index contributed by atoms with van der Waals surface area (Å²) < 4.78 is 32.8. The zero-order valence-corrected chi connectivity index (χ0v) is 20.8. The van der Waals surface area contributed by atoms with E-state index in [4.69, 9.17) is 27.9 Å². The van der Waals surface area contributed by atoms with Crippen molar-refractivity contribution in [3.05, 3.63) is 87.4 Å². The molecule has 0 radical (unpaired) electrons. The molecule has 174 valence electrons. The number of nitrogens with zero attached hydrogens (tertiary/aromatic N) is 1. The second-order valence-electron chi connectivity index (χ2n) is 7.39. The van der Waals surface area contributed by atoms with E-state index in [1.165, 1.54) is 35.6 Å². The maximum Gasteiger partial charge on any atom is 0.255 e. The number of hydrogen-bond donors (Lipinski definition) is 1. The highest BCUT2D eigenvalue weighted by Crippen LogP contribution is 2.26. The first-order valence-electron chi connectivity index (χ1n) is 10.2. The molecule has 3 rings (SSSR count). The number of carbonyl (C=O) groups is 1. The van der Waals surface area contributed by atoms with E-state index in [2.05, 4.69) is 5.32 Å². The molecule has 1 N–H and O–H groups in total. The summed E-state index contributed by atoms with van der Waals surface area (Å²) in [6.45, 7) is 4.12. The average Bonchev–Trinajstić information content (AvgIpc) is 2.77. The summed E-state index contributed by atoms with van der Waals surface area (Å²) in [6.07, 6.45) is 0. The van der Waals surface area contributed by atoms with Gasteiger partial charge in [-0.2, -0.15) is 4.31 Å². The first kappa shape index (κ1) is 25.1. The molecular formula is C24H24Cl2N2O4S. The third-order valence-corrected chi connectivity index (χ3v) is 7.44. The normalized spacial score (nSPS) is 11.5. The minimum absolute atomic E-state index is 0.0117. The van der Waals surface area contributed by atoms with Gasteiger partial charge in [-0.05, 0) is 74.0 Å². The highest BCUT2D eigenvalue weighted by molar-refractivity contribution is 7.89. The molecule has 0 aliphatic rings. The van der Waals surface area contributed by atoms with Crippen LogP contribution in [-0.2, 0) is 16.6 Å². The predicted octanol–water partition coefficient (Wildman–Crippen LogP) is 5.77. The Kier molecular flexibility index (Phi) is 8.02. The van der Waals surface area contributed by atoms with Crippen LogP contribution in [0.3, 0.4) is 0 Å². The van der Waals surface area contributed by atoms with E-state index in [1.54, 1.807) is 30.3 Å². The van der Waals surface area contributed by atoms with Gasteiger partial charge in [0.25, 0.3) is 5.91 Å². The molecule has 0 fully saturated rings. The van der Waals surface area contributed by atoms with Crippen LogP contribution < -0.4 is 10.1 Å². The molecule has 0 spiro atoms. The summed E-state index contributed by atoms with van der Waals surface area (Å²) >= 11 is 12.0. The van der Waals surface area contributed by atoms with E-state index in [-0.39, 0.29) is 17.3 Å².